The van der Waals surface area contributed by atoms with Gasteiger partial charge in [0.1, 0.15) is 5.41 Å². The summed E-state index contributed by atoms with van der Waals surface area (Å²) in [5.74, 6) is 0.135. The van der Waals surface area contributed by atoms with Crippen molar-refractivity contribution in [3.63, 3.8) is 0 Å². The molecule has 0 fully saturated rings. The fourth-order valence-electron chi connectivity index (χ4n) is 1.34. The number of amides is 1. The van der Waals surface area contributed by atoms with Crippen LogP contribution in [-0.4, -0.2) is 23.9 Å². The van der Waals surface area contributed by atoms with Crippen LogP contribution in [0.25, 0.3) is 0 Å². The van der Waals surface area contributed by atoms with E-state index in [4.69, 9.17) is 10.5 Å². The second-order valence-electron chi connectivity index (χ2n) is 4.79. The summed E-state index contributed by atoms with van der Waals surface area (Å²) >= 11 is 0. The lowest BCUT2D eigenvalue weighted by Gasteiger charge is -2.28. The second-order valence-corrected chi connectivity index (χ2v) is 4.79. The van der Waals surface area contributed by atoms with Crippen LogP contribution in [0.3, 0.4) is 0 Å². The molecule has 0 atom stereocenters. The molecule has 0 heterocycles. The predicted octanol–water partition coefficient (Wildman–Crippen LogP) is 1.93. The van der Waals surface area contributed by atoms with Crippen LogP contribution in [0.5, 0.6) is 0 Å². The zero-order valence-electron chi connectivity index (χ0n) is 10.4. The van der Waals surface area contributed by atoms with Gasteiger partial charge in [0.05, 0.1) is 18.6 Å². The SMILES string of the molecule is CC(C)CN(CCC#N)C(=O)C(C)(C)C#N. The molecule has 4 nitrogen and oxygen atoms in total. The van der Waals surface area contributed by atoms with Crippen molar-refractivity contribution in [3.8, 4) is 12.1 Å². The van der Waals surface area contributed by atoms with Gasteiger partial charge in [0.25, 0.3) is 0 Å². The van der Waals surface area contributed by atoms with E-state index in [0.29, 0.717) is 25.4 Å². The average molecular weight is 221 g/mol. The molecule has 0 saturated carbocycles. The van der Waals surface area contributed by atoms with E-state index in [1.165, 1.54) is 0 Å². The number of rotatable bonds is 5. The molecule has 1 amide bonds. The molecular formula is C12H19N3O. The molecule has 16 heavy (non-hydrogen) atoms. The van der Waals surface area contributed by atoms with Crippen molar-refractivity contribution >= 4 is 5.91 Å². The Hall–Kier alpha value is -1.55. The molecule has 0 unspecified atom stereocenters. The fraction of sp³-hybridized carbons (Fsp3) is 0.750. The topological polar surface area (TPSA) is 67.9 Å². The van der Waals surface area contributed by atoms with Crippen LogP contribution in [0.4, 0.5) is 0 Å². The molecule has 0 aliphatic heterocycles. The zero-order chi connectivity index (χ0) is 12.8. The Morgan fingerprint density at radius 2 is 1.94 bits per heavy atom. The maximum Gasteiger partial charge on any atom is 0.242 e. The van der Waals surface area contributed by atoms with E-state index in [0.717, 1.165) is 0 Å². The molecule has 0 aromatic heterocycles. The van der Waals surface area contributed by atoms with Gasteiger partial charge in [-0.1, -0.05) is 13.8 Å². The van der Waals surface area contributed by atoms with Crippen molar-refractivity contribution in [3.05, 3.63) is 0 Å². The largest absolute Gasteiger partial charge is 0.340 e. The summed E-state index contributed by atoms with van der Waals surface area (Å²) < 4.78 is 0. The van der Waals surface area contributed by atoms with Gasteiger partial charge in [-0.15, -0.1) is 0 Å². The standard InChI is InChI=1S/C12H19N3O/c1-10(2)8-15(7-5-6-13)11(16)12(3,4)9-14/h10H,5,7-8H2,1-4H3. The highest BCUT2D eigenvalue weighted by atomic mass is 16.2. The van der Waals surface area contributed by atoms with Crippen molar-refractivity contribution in [1.29, 1.82) is 10.5 Å². The van der Waals surface area contributed by atoms with Gasteiger partial charge in [-0.25, -0.2) is 0 Å². The van der Waals surface area contributed by atoms with Gasteiger partial charge in [-0.2, -0.15) is 10.5 Å². The van der Waals surface area contributed by atoms with Crippen molar-refractivity contribution in [2.45, 2.75) is 34.1 Å². The Morgan fingerprint density at radius 1 is 1.38 bits per heavy atom. The number of carbonyl (C=O) groups is 1. The minimum Gasteiger partial charge on any atom is -0.340 e. The summed E-state index contributed by atoms with van der Waals surface area (Å²) in [7, 11) is 0. The Labute approximate surface area is 97.5 Å². The van der Waals surface area contributed by atoms with E-state index in [1.807, 2.05) is 26.0 Å². The third kappa shape index (κ3) is 4.31. The first-order valence-electron chi connectivity index (χ1n) is 5.42. The quantitative estimate of drug-likeness (QED) is 0.712. The smallest absolute Gasteiger partial charge is 0.242 e. The van der Waals surface area contributed by atoms with E-state index in [1.54, 1.807) is 18.7 Å². The van der Waals surface area contributed by atoms with Crippen molar-refractivity contribution in [1.82, 2.24) is 4.90 Å². The van der Waals surface area contributed by atoms with Gasteiger partial charge in [0.2, 0.25) is 5.91 Å². The van der Waals surface area contributed by atoms with Crippen LogP contribution in [0, 0.1) is 34.0 Å². The molecule has 0 aromatic carbocycles. The highest BCUT2D eigenvalue weighted by molar-refractivity contribution is 5.84. The lowest BCUT2D eigenvalue weighted by molar-refractivity contribution is -0.138. The molecule has 0 aliphatic carbocycles. The number of carbonyl (C=O) groups excluding carboxylic acids is 1. The maximum absolute atomic E-state index is 12.0. The van der Waals surface area contributed by atoms with E-state index >= 15 is 0 Å². The van der Waals surface area contributed by atoms with Gasteiger partial charge < -0.3 is 4.90 Å². The number of hydrogen-bond acceptors (Lipinski definition) is 3. The van der Waals surface area contributed by atoms with Crippen LogP contribution < -0.4 is 0 Å². The first kappa shape index (κ1) is 14.5. The monoisotopic (exact) mass is 221 g/mol. The zero-order valence-corrected chi connectivity index (χ0v) is 10.4. The summed E-state index contributed by atoms with van der Waals surface area (Å²) in [5.41, 5.74) is -1.01. The number of hydrogen-bond donors (Lipinski definition) is 0. The molecule has 0 spiro atoms. The van der Waals surface area contributed by atoms with Crippen molar-refractivity contribution in [2.24, 2.45) is 11.3 Å². The maximum atomic E-state index is 12.0. The average Bonchev–Trinajstić information content (AvgIpc) is 2.22. The molecule has 88 valence electrons. The Morgan fingerprint density at radius 3 is 2.31 bits per heavy atom. The van der Waals surface area contributed by atoms with Crippen LogP contribution in [-0.2, 0) is 4.79 Å². The van der Waals surface area contributed by atoms with Crippen LogP contribution >= 0.6 is 0 Å². The minimum atomic E-state index is -1.01. The third-order valence-corrected chi connectivity index (χ3v) is 2.18. The summed E-state index contributed by atoms with van der Waals surface area (Å²) in [5, 5.41) is 17.4. The third-order valence-electron chi connectivity index (χ3n) is 2.18. The summed E-state index contributed by atoms with van der Waals surface area (Å²) in [6.45, 7) is 8.21. The lowest BCUT2D eigenvalue weighted by Crippen LogP contribution is -2.42. The highest BCUT2D eigenvalue weighted by Gasteiger charge is 2.31. The fourth-order valence-corrected chi connectivity index (χ4v) is 1.34. The summed E-state index contributed by atoms with van der Waals surface area (Å²) in [6.07, 6.45) is 0.306. The van der Waals surface area contributed by atoms with Crippen LogP contribution in [0.2, 0.25) is 0 Å². The molecule has 0 rings (SSSR count). The van der Waals surface area contributed by atoms with Gasteiger partial charge in [-0.3, -0.25) is 4.79 Å². The minimum absolute atomic E-state index is 0.195. The van der Waals surface area contributed by atoms with Gasteiger partial charge >= 0.3 is 0 Å². The number of nitrogens with zero attached hydrogens (tertiary/aromatic N) is 3. The second kappa shape index (κ2) is 6.12. The molecule has 4 heteroatoms. The van der Waals surface area contributed by atoms with E-state index in [-0.39, 0.29) is 5.91 Å². The Balaban J connectivity index is 4.71. The van der Waals surface area contributed by atoms with E-state index in [9.17, 15) is 4.79 Å². The Bertz CT molecular complexity index is 320. The number of nitriles is 2. The van der Waals surface area contributed by atoms with Crippen molar-refractivity contribution in [2.75, 3.05) is 13.1 Å². The van der Waals surface area contributed by atoms with E-state index < -0.39 is 5.41 Å². The van der Waals surface area contributed by atoms with Gasteiger partial charge in [0, 0.05) is 13.1 Å². The normalized spacial score (nSPS) is 10.7. The molecule has 0 aromatic rings. The summed E-state index contributed by atoms with van der Waals surface area (Å²) in [4.78, 5) is 13.6. The molecule has 0 N–H and O–H groups in total. The highest BCUT2D eigenvalue weighted by Crippen LogP contribution is 2.18. The van der Waals surface area contributed by atoms with Gasteiger partial charge in [-0.05, 0) is 19.8 Å². The lowest BCUT2D eigenvalue weighted by atomic mass is 9.93. The van der Waals surface area contributed by atoms with Crippen LogP contribution in [0.15, 0.2) is 0 Å². The van der Waals surface area contributed by atoms with Crippen LogP contribution in [0.1, 0.15) is 34.1 Å². The predicted molar refractivity (Wildman–Crippen MR) is 61.0 cm³/mol. The first-order valence-corrected chi connectivity index (χ1v) is 5.42. The summed E-state index contributed by atoms with van der Waals surface area (Å²) in [6, 6.07) is 4.02. The molecule has 0 bridgehead atoms. The molecule has 0 radical (unpaired) electrons. The van der Waals surface area contributed by atoms with E-state index in [2.05, 4.69) is 0 Å². The first-order chi connectivity index (χ1) is 7.35. The van der Waals surface area contributed by atoms with Gasteiger partial charge in [0.15, 0.2) is 0 Å². The Kier molecular flexibility index (Phi) is 5.53. The molecule has 0 aliphatic rings. The molecule has 0 saturated heterocycles. The molecular weight excluding hydrogens is 202 g/mol. The van der Waals surface area contributed by atoms with Crippen molar-refractivity contribution < 1.29 is 4.79 Å².